The Balaban J connectivity index is 1.60. The highest BCUT2D eigenvalue weighted by atomic mass is 35.5. The second-order valence-electron chi connectivity index (χ2n) is 7.58. The maximum absolute atomic E-state index is 6.14. The molecule has 1 N–H and O–H groups in total. The summed E-state index contributed by atoms with van der Waals surface area (Å²) in [6, 6.07) is 28.1. The number of halogens is 1. The van der Waals surface area contributed by atoms with Gasteiger partial charge in [-0.05, 0) is 48.7 Å². The van der Waals surface area contributed by atoms with Gasteiger partial charge in [0.15, 0.2) is 0 Å². The Kier molecular flexibility index (Phi) is 4.67. The Morgan fingerprint density at radius 3 is 2.46 bits per heavy atom. The standard InChI is InChI=1S/C25H23ClN2/c26-20-14-12-19(13-15-20)25-24(21-9-4-5-10-22(21)27-25)23-11-6-16-28(23)17-18-7-2-1-3-8-18/h1-5,7-10,12-15,23,27H,6,11,16-17H2/t23-/m0/s1. The molecule has 4 aromatic rings. The van der Waals surface area contributed by atoms with Gasteiger partial charge in [0.1, 0.15) is 0 Å². The first-order chi connectivity index (χ1) is 13.8. The molecule has 1 aromatic heterocycles. The van der Waals surface area contributed by atoms with Crippen molar-refractivity contribution in [1.82, 2.24) is 9.88 Å². The highest BCUT2D eigenvalue weighted by molar-refractivity contribution is 6.30. The third-order valence-electron chi connectivity index (χ3n) is 5.80. The van der Waals surface area contributed by atoms with E-state index in [0.717, 1.165) is 18.1 Å². The number of aromatic nitrogens is 1. The minimum Gasteiger partial charge on any atom is -0.354 e. The summed E-state index contributed by atoms with van der Waals surface area (Å²) in [5.74, 6) is 0. The van der Waals surface area contributed by atoms with Crippen LogP contribution in [-0.4, -0.2) is 16.4 Å². The maximum Gasteiger partial charge on any atom is 0.0513 e. The lowest BCUT2D eigenvalue weighted by Gasteiger charge is -2.26. The number of nitrogens with one attached hydrogen (secondary N) is 1. The number of aromatic amines is 1. The van der Waals surface area contributed by atoms with E-state index in [0.29, 0.717) is 6.04 Å². The summed E-state index contributed by atoms with van der Waals surface area (Å²) in [5, 5.41) is 2.10. The zero-order valence-corrected chi connectivity index (χ0v) is 16.5. The van der Waals surface area contributed by atoms with Crippen molar-refractivity contribution in [1.29, 1.82) is 0 Å². The summed E-state index contributed by atoms with van der Waals surface area (Å²) in [6.07, 6.45) is 2.42. The van der Waals surface area contributed by atoms with Crippen molar-refractivity contribution in [2.75, 3.05) is 6.54 Å². The molecule has 5 rings (SSSR count). The SMILES string of the molecule is Clc1ccc(-c2[nH]c3ccccc3c2[C@@H]2CCCN2Cc2ccccc2)cc1. The largest absolute Gasteiger partial charge is 0.354 e. The Labute approximate surface area is 170 Å². The fraction of sp³-hybridized carbons (Fsp3) is 0.200. The van der Waals surface area contributed by atoms with Crippen LogP contribution in [0.5, 0.6) is 0 Å². The van der Waals surface area contributed by atoms with Gasteiger partial charge < -0.3 is 4.98 Å². The molecule has 2 heterocycles. The van der Waals surface area contributed by atoms with Crippen LogP contribution in [0.2, 0.25) is 5.02 Å². The van der Waals surface area contributed by atoms with Crippen molar-refractivity contribution < 1.29 is 0 Å². The zero-order valence-electron chi connectivity index (χ0n) is 15.7. The van der Waals surface area contributed by atoms with E-state index in [1.807, 2.05) is 12.1 Å². The number of nitrogens with zero attached hydrogens (tertiary/aromatic N) is 1. The monoisotopic (exact) mass is 386 g/mol. The van der Waals surface area contributed by atoms with Gasteiger partial charge in [-0.2, -0.15) is 0 Å². The normalized spacial score (nSPS) is 17.4. The molecular weight excluding hydrogens is 364 g/mol. The van der Waals surface area contributed by atoms with Gasteiger partial charge in [0.05, 0.1) is 5.69 Å². The lowest BCUT2D eigenvalue weighted by molar-refractivity contribution is 0.250. The third-order valence-corrected chi connectivity index (χ3v) is 6.06. The molecule has 2 nitrogen and oxygen atoms in total. The average Bonchev–Trinajstić information content (AvgIpc) is 3.33. The van der Waals surface area contributed by atoms with Crippen LogP contribution in [0.25, 0.3) is 22.2 Å². The predicted molar refractivity (Wildman–Crippen MR) is 118 cm³/mol. The number of hydrogen-bond donors (Lipinski definition) is 1. The molecule has 0 unspecified atom stereocenters. The van der Waals surface area contributed by atoms with Crippen LogP contribution in [0.15, 0.2) is 78.9 Å². The maximum atomic E-state index is 6.14. The Hall–Kier alpha value is -2.55. The van der Waals surface area contributed by atoms with Gasteiger partial charge in [-0.25, -0.2) is 0 Å². The first kappa shape index (κ1) is 17.5. The molecule has 1 saturated heterocycles. The number of rotatable bonds is 4. The van der Waals surface area contributed by atoms with E-state index in [1.54, 1.807) is 0 Å². The Morgan fingerprint density at radius 1 is 0.893 bits per heavy atom. The second-order valence-corrected chi connectivity index (χ2v) is 8.02. The molecule has 28 heavy (non-hydrogen) atoms. The summed E-state index contributed by atoms with van der Waals surface area (Å²) in [6.45, 7) is 2.13. The van der Waals surface area contributed by atoms with Gasteiger partial charge >= 0.3 is 0 Å². The molecular formula is C25H23ClN2. The van der Waals surface area contributed by atoms with Crippen LogP contribution >= 0.6 is 11.6 Å². The highest BCUT2D eigenvalue weighted by Gasteiger charge is 2.30. The van der Waals surface area contributed by atoms with E-state index in [1.165, 1.54) is 46.1 Å². The first-order valence-electron chi connectivity index (χ1n) is 9.94. The van der Waals surface area contributed by atoms with Gasteiger partial charge in [0.2, 0.25) is 0 Å². The zero-order chi connectivity index (χ0) is 18.9. The van der Waals surface area contributed by atoms with E-state index in [-0.39, 0.29) is 0 Å². The van der Waals surface area contributed by atoms with Crippen molar-refractivity contribution in [3.05, 3.63) is 95.0 Å². The number of benzene rings is 3. The number of hydrogen-bond acceptors (Lipinski definition) is 1. The molecule has 1 fully saturated rings. The summed E-state index contributed by atoms with van der Waals surface area (Å²) in [5.41, 5.74) is 6.42. The lowest BCUT2D eigenvalue weighted by Crippen LogP contribution is -2.23. The number of fused-ring (bicyclic) bond motifs is 1. The highest BCUT2D eigenvalue weighted by Crippen LogP contribution is 2.42. The van der Waals surface area contributed by atoms with Gasteiger partial charge in [-0.1, -0.05) is 72.3 Å². The fourth-order valence-corrected chi connectivity index (χ4v) is 4.64. The molecule has 1 aliphatic rings. The first-order valence-corrected chi connectivity index (χ1v) is 10.3. The minimum absolute atomic E-state index is 0.419. The minimum atomic E-state index is 0.419. The quantitative estimate of drug-likeness (QED) is 0.407. The van der Waals surface area contributed by atoms with E-state index in [2.05, 4.69) is 76.6 Å². The van der Waals surface area contributed by atoms with Gasteiger partial charge in [0.25, 0.3) is 0 Å². The van der Waals surface area contributed by atoms with E-state index in [9.17, 15) is 0 Å². The molecule has 0 aliphatic carbocycles. The smallest absolute Gasteiger partial charge is 0.0513 e. The molecule has 1 atom stereocenters. The molecule has 1 aliphatic heterocycles. The van der Waals surface area contributed by atoms with Gasteiger partial charge in [-0.3, -0.25) is 4.90 Å². The van der Waals surface area contributed by atoms with Crippen LogP contribution in [0, 0.1) is 0 Å². The van der Waals surface area contributed by atoms with Crippen molar-refractivity contribution >= 4 is 22.5 Å². The topological polar surface area (TPSA) is 19.0 Å². The summed E-state index contributed by atoms with van der Waals surface area (Å²) in [4.78, 5) is 6.32. The summed E-state index contributed by atoms with van der Waals surface area (Å²) in [7, 11) is 0. The average molecular weight is 387 g/mol. The molecule has 3 heteroatoms. The van der Waals surface area contributed by atoms with Gasteiger partial charge in [-0.15, -0.1) is 0 Å². The fourth-order valence-electron chi connectivity index (χ4n) is 4.51. The van der Waals surface area contributed by atoms with Crippen LogP contribution in [0.3, 0.4) is 0 Å². The van der Waals surface area contributed by atoms with Crippen LogP contribution in [0.1, 0.15) is 30.0 Å². The van der Waals surface area contributed by atoms with E-state index in [4.69, 9.17) is 11.6 Å². The van der Waals surface area contributed by atoms with E-state index >= 15 is 0 Å². The van der Waals surface area contributed by atoms with Crippen molar-refractivity contribution in [2.45, 2.75) is 25.4 Å². The van der Waals surface area contributed by atoms with Crippen LogP contribution < -0.4 is 0 Å². The van der Waals surface area contributed by atoms with Crippen LogP contribution in [-0.2, 0) is 6.54 Å². The van der Waals surface area contributed by atoms with Crippen molar-refractivity contribution in [3.63, 3.8) is 0 Å². The summed E-state index contributed by atoms with van der Waals surface area (Å²) < 4.78 is 0. The predicted octanol–water partition coefficient (Wildman–Crippen LogP) is 6.83. The second kappa shape index (κ2) is 7.46. The molecule has 0 spiro atoms. The lowest BCUT2D eigenvalue weighted by atomic mass is 9.97. The molecule has 0 bridgehead atoms. The summed E-state index contributed by atoms with van der Waals surface area (Å²) >= 11 is 6.14. The number of para-hydroxylation sites is 1. The number of H-pyrrole nitrogens is 1. The third kappa shape index (κ3) is 3.23. The molecule has 0 radical (unpaired) electrons. The van der Waals surface area contributed by atoms with Crippen molar-refractivity contribution in [2.24, 2.45) is 0 Å². The van der Waals surface area contributed by atoms with Gasteiger partial charge in [0, 0.05) is 34.1 Å². The molecule has 0 saturated carbocycles. The molecule has 0 amide bonds. The van der Waals surface area contributed by atoms with Crippen molar-refractivity contribution in [3.8, 4) is 11.3 Å². The number of likely N-dealkylation sites (tertiary alicyclic amines) is 1. The van der Waals surface area contributed by atoms with Crippen LogP contribution in [0.4, 0.5) is 0 Å². The van der Waals surface area contributed by atoms with E-state index < -0.39 is 0 Å². The molecule has 3 aromatic carbocycles. The Bertz CT molecular complexity index is 1080. The Morgan fingerprint density at radius 2 is 1.64 bits per heavy atom. The molecule has 140 valence electrons.